The van der Waals surface area contributed by atoms with Gasteiger partial charge in [-0.1, -0.05) is 114 Å². The molecule has 1 saturated heterocycles. The molecule has 0 radical (unpaired) electrons. The van der Waals surface area contributed by atoms with Crippen molar-refractivity contribution in [1.82, 2.24) is 10.2 Å². The van der Waals surface area contributed by atoms with E-state index in [0.29, 0.717) is 6.42 Å². The highest BCUT2D eigenvalue weighted by molar-refractivity contribution is 5.75. The van der Waals surface area contributed by atoms with Gasteiger partial charge in [-0.15, -0.1) is 0 Å². The topological polar surface area (TPSA) is 41.6 Å². The number of amides is 1. The second kappa shape index (κ2) is 22.4. The molecule has 1 heterocycles. The number of likely N-dealkylation sites (N-methyl/N-ethyl adjacent to an activating group) is 1. The van der Waals surface area contributed by atoms with E-state index in [9.17, 15) is 4.79 Å². The first-order valence-corrected chi connectivity index (χ1v) is 13.8. The van der Waals surface area contributed by atoms with Crippen LogP contribution < -0.4 is 5.32 Å². The number of carbonyl (C=O) groups excluding carboxylic acids is 1. The molecule has 0 bridgehead atoms. The maximum absolute atomic E-state index is 11.8. The third-order valence-corrected chi connectivity index (χ3v) is 6.32. The summed E-state index contributed by atoms with van der Waals surface area (Å²) in [6, 6.07) is 10.3. The minimum atomic E-state index is 0.212. The highest BCUT2D eigenvalue weighted by Crippen LogP contribution is 2.13. The van der Waals surface area contributed by atoms with E-state index in [4.69, 9.17) is 4.74 Å². The number of rotatable bonds is 17. The van der Waals surface area contributed by atoms with E-state index in [1.807, 2.05) is 18.2 Å². The van der Waals surface area contributed by atoms with Gasteiger partial charge in [0.05, 0.1) is 13.2 Å². The molecule has 0 aromatic heterocycles. The summed E-state index contributed by atoms with van der Waals surface area (Å²) in [5.41, 5.74) is 1.29. The summed E-state index contributed by atoms with van der Waals surface area (Å²) in [6.07, 6.45) is 19.1. The van der Waals surface area contributed by atoms with E-state index in [1.54, 1.807) is 0 Å². The molecule has 1 fully saturated rings. The van der Waals surface area contributed by atoms with Crippen molar-refractivity contribution < 1.29 is 9.53 Å². The predicted molar refractivity (Wildman–Crippen MR) is 142 cm³/mol. The molecule has 33 heavy (non-hydrogen) atoms. The lowest BCUT2D eigenvalue weighted by molar-refractivity contribution is -0.121. The molecule has 0 spiro atoms. The molecular formula is C29H52N2O2. The van der Waals surface area contributed by atoms with Crippen molar-refractivity contribution in [2.45, 2.75) is 103 Å². The second-order valence-electron chi connectivity index (χ2n) is 9.49. The summed E-state index contributed by atoms with van der Waals surface area (Å²) in [6.45, 7) is 7.05. The quantitative estimate of drug-likeness (QED) is 0.261. The lowest BCUT2D eigenvalue weighted by atomic mass is 10.0. The number of benzene rings is 1. The summed E-state index contributed by atoms with van der Waals surface area (Å²) in [4.78, 5) is 14.1. The molecule has 190 valence electrons. The maximum Gasteiger partial charge on any atom is 0.220 e. The highest BCUT2D eigenvalue weighted by Gasteiger charge is 2.02. The van der Waals surface area contributed by atoms with E-state index in [-0.39, 0.29) is 5.91 Å². The van der Waals surface area contributed by atoms with Crippen LogP contribution in [-0.4, -0.2) is 50.7 Å². The SMILES string of the molecule is CCCCCCCCCCCCCCCC(=O)NCCc1ccccc1.CN1CCOCC1. The minimum absolute atomic E-state index is 0.212. The van der Waals surface area contributed by atoms with Gasteiger partial charge in [0, 0.05) is 26.1 Å². The van der Waals surface area contributed by atoms with E-state index in [2.05, 4.69) is 36.3 Å². The third-order valence-electron chi connectivity index (χ3n) is 6.32. The number of nitrogens with zero attached hydrogens (tertiary/aromatic N) is 1. The average molecular weight is 461 g/mol. The average Bonchev–Trinajstić information content (AvgIpc) is 2.84. The predicted octanol–water partition coefficient (Wildman–Crippen LogP) is 6.78. The van der Waals surface area contributed by atoms with E-state index in [0.717, 1.165) is 45.7 Å². The number of morpholine rings is 1. The molecule has 0 saturated carbocycles. The summed E-state index contributed by atoms with van der Waals surface area (Å²) in [7, 11) is 2.11. The van der Waals surface area contributed by atoms with Crippen molar-refractivity contribution in [3.05, 3.63) is 35.9 Å². The first kappa shape index (κ1) is 29.6. The van der Waals surface area contributed by atoms with Gasteiger partial charge >= 0.3 is 0 Å². The van der Waals surface area contributed by atoms with Crippen LogP contribution in [0.2, 0.25) is 0 Å². The largest absolute Gasteiger partial charge is 0.379 e. The fourth-order valence-corrected chi connectivity index (χ4v) is 4.04. The summed E-state index contributed by atoms with van der Waals surface area (Å²) in [5, 5.41) is 3.04. The molecule has 1 N–H and O–H groups in total. The molecule has 0 unspecified atom stereocenters. The van der Waals surface area contributed by atoms with Crippen LogP contribution in [0.5, 0.6) is 0 Å². The van der Waals surface area contributed by atoms with Gasteiger partial charge in [0.1, 0.15) is 0 Å². The molecule has 0 atom stereocenters. The Kier molecular flexibility index (Phi) is 20.1. The molecule has 4 heteroatoms. The molecule has 2 rings (SSSR count). The smallest absolute Gasteiger partial charge is 0.220 e. The first-order valence-electron chi connectivity index (χ1n) is 13.8. The molecular weight excluding hydrogens is 408 g/mol. The molecule has 0 aliphatic carbocycles. The van der Waals surface area contributed by atoms with Crippen LogP contribution in [-0.2, 0) is 16.0 Å². The van der Waals surface area contributed by atoms with Crippen LogP contribution in [0.25, 0.3) is 0 Å². The van der Waals surface area contributed by atoms with Crippen LogP contribution in [0.3, 0.4) is 0 Å². The van der Waals surface area contributed by atoms with E-state index < -0.39 is 0 Å². The summed E-state index contributed by atoms with van der Waals surface area (Å²) in [5.74, 6) is 0.212. The van der Waals surface area contributed by atoms with Crippen molar-refractivity contribution in [1.29, 1.82) is 0 Å². The summed E-state index contributed by atoms with van der Waals surface area (Å²) < 4.78 is 5.10. The normalized spacial score (nSPS) is 13.9. The Labute approximate surface area is 204 Å². The van der Waals surface area contributed by atoms with Gasteiger partial charge in [0.25, 0.3) is 0 Å². The van der Waals surface area contributed by atoms with Crippen LogP contribution >= 0.6 is 0 Å². The third kappa shape index (κ3) is 19.8. The fourth-order valence-electron chi connectivity index (χ4n) is 4.04. The van der Waals surface area contributed by atoms with Crippen molar-refractivity contribution in [2.24, 2.45) is 0 Å². The first-order chi connectivity index (χ1) is 16.2. The van der Waals surface area contributed by atoms with Crippen LogP contribution in [0.1, 0.15) is 102 Å². The number of unbranched alkanes of at least 4 members (excludes halogenated alkanes) is 12. The van der Waals surface area contributed by atoms with Gasteiger partial charge in [-0.2, -0.15) is 0 Å². The van der Waals surface area contributed by atoms with Crippen molar-refractivity contribution in [2.75, 3.05) is 39.9 Å². The molecule has 1 aromatic carbocycles. The Morgan fingerprint density at radius 1 is 0.818 bits per heavy atom. The Hall–Kier alpha value is -1.39. The molecule has 1 aliphatic heterocycles. The Morgan fingerprint density at radius 3 is 1.82 bits per heavy atom. The van der Waals surface area contributed by atoms with Crippen LogP contribution in [0, 0.1) is 0 Å². The lowest BCUT2D eigenvalue weighted by Crippen LogP contribution is -2.32. The molecule has 1 aliphatic rings. The summed E-state index contributed by atoms with van der Waals surface area (Å²) >= 11 is 0. The zero-order chi connectivity index (χ0) is 23.8. The van der Waals surface area contributed by atoms with E-state index >= 15 is 0 Å². The molecule has 1 aromatic rings. The Morgan fingerprint density at radius 2 is 1.33 bits per heavy atom. The zero-order valence-electron chi connectivity index (χ0n) is 21.8. The molecule has 4 nitrogen and oxygen atoms in total. The Balaban J connectivity index is 0.000000657. The lowest BCUT2D eigenvalue weighted by Gasteiger charge is -2.21. The monoisotopic (exact) mass is 460 g/mol. The van der Waals surface area contributed by atoms with Crippen LogP contribution in [0.15, 0.2) is 30.3 Å². The fraction of sp³-hybridized carbons (Fsp3) is 0.759. The van der Waals surface area contributed by atoms with Gasteiger partial charge in [0.2, 0.25) is 5.91 Å². The van der Waals surface area contributed by atoms with Gasteiger partial charge < -0.3 is 15.0 Å². The van der Waals surface area contributed by atoms with Gasteiger partial charge in [0.15, 0.2) is 0 Å². The number of ether oxygens (including phenoxy) is 1. The second-order valence-corrected chi connectivity index (χ2v) is 9.49. The minimum Gasteiger partial charge on any atom is -0.379 e. The molecule has 1 amide bonds. The number of hydrogen-bond acceptors (Lipinski definition) is 3. The number of nitrogens with one attached hydrogen (secondary N) is 1. The Bertz CT molecular complexity index is 544. The number of carbonyl (C=O) groups is 1. The van der Waals surface area contributed by atoms with Crippen molar-refractivity contribution >= 4 is 5.91 Å². The van der Waals surface area contributed by atoms with Crippen molar-refractivity contribution in [3.63, 3.8) is 0 Å². The maximum atomic E-state index is 11.8. The van der Waals surface area contributed by atoms with Crippen LogP contribution in [0.4, 0.5) is 0 Å². The highest BCUT2D eigenvalue weighted by atomic mass is 16.5. The standard InChI is InChI=1S/C24H41NO.C5H11NO/c1-2-3-4-5-6-7-8-9-10-11-12-13-17-20-24(26)25-22-21-23-18-15-14-16-19-23;1-6-2-4-7-5-3-6/h14-16,18-19H,2-13,17,20-22H2,1H3,(H,25,26);2-5H2,1H3. The van der Waals surface area contributed by atoms with Gasteiger partial charge in [-0.3, -0.25) is 4.79 Å². The number of hydrogen-bond donors (Lipinski definition) is 1. The van der Waals surface area contributed by atoms with Crippen molar-refractivity contribution in [3.8, 4) is 0 Å². The zero-order valence-corrected chi connectivity index (χ0v) is 21.8. The van der Waals surface area contributed by atoms with Gasteiger partial charge in [-0.05, 0) is 25.5 Å². The van der Waals surface area contributed by atoms with Gasteiger partial charge in [-0.25, -0.2) is 0 Å². The van der Waals surface area contributed by atoms with E-state index in [1.165, 1.54) is 82.6 Å².